The first-order valence-electron chi connectivity index (χ1n) is 10.7. The van der Waals surface area contributed by atoms with Crippen LogP contribution >= 0.6 is 7.26 Å². The van der Waals surface area contributed by atoms with E-state index in [0.29, 0.717) is 0 Å². The van der Waals surface area contributed by atoms with Crippen molar-refractivity contribution in [2.45, 2.75) is 6.61 Å². The van der Waals surface area contributed by atoms with Crippen LogP contribution in [0.3, 0.4) is 0 Å². The lowest BCUT2D eigenvalue weighted by molar-refractivity contribution is -0.118. The zero-order valence-electron chi connectivity index (χ0n) is 18.5. The van der Waals surface area contributed by atoms with Gasteiger partial charge in [-0.25, -0.2) is 4.79 Å². The van der Waals surface area contributed by atoms with Crippen molar-refractivity contribution in [3.63, 3.8) is 0 Å². The fourth-order valence-corrected chi connectivity index (χ4v) is 7.89. The van der Waals surface area contributed by atoms with Gasteiger partial charge in [0.25, 0.3) is 5.91 Å². The number of ether oxygens (including phenoxy) is 1. The van der Waals surface area contributed by atoms with Crippen LogP contribution in [0.5, 0.6) is 0 Å². The van der Waals surface area contributed by atoms with E-state index < -0.39 is 13.4 Å². The highest BCUT2D eigenvalue weighted by atomic mass is 35.5. The van der Waals surface area contributed by atoms with Crippen molar-refractivity contribution in [1.29, 1.82) is 0 Å². The third-order valence-electron chi connectivity index (χ3n) is 5.43. The van der Waals surface area contributed by atoms with Gasteiger partial charge in [-0.3, -0.25) is 10.1 Å². The number of amides is 2. The highest BCUT2D eigenvalue weighted by Crippen LogP contribution is 2.54. The fourth-order valence-electron chi connectivity index (χ4n) is 3.90. The van der Waals surface area contributed by atoms with Crippen molar-refractivity contribution in [1.82, 2.24) is 5.32 Å². The van der Waals surface area contributed by atoms with Gasteiger partial charge in [0.1, 0.15) is 29.8 Å². The van der Waals surface area contributed by atoms with Crippen molar-refractivity contribution < 1.29 is 26.7 Å². The van der Waals surface area contributed by atoms with E-state index in [1.807, 2.05) is 84.9 Å². The quantitative estimate of drug-likeness (QED) is 0.400. The van der Waals surface area contributed by atoms with Gasteiger partial charge in [-0.2, -0.15) is 0 Å². The second-order valence-corrected chi connectivity index (χ2v) is 11.1. The lowest BCUT2D eigenvalue weighted by atomic mass is 10.2. The monoisotopic (exact) mass is 489 g/mol. The molecular formula is C28H25ClNO3P. The molecule has 0 heterocycles. The van der Waals surface area contributed by atoms with Crippen LogP contribution in [0.1, 0.15) is 5.56 Å². The molecule has 34 heavy (non-hydrogen) atoms. The minimum absolute atomic E-state index is 0. The maximum absolute atomic E-state index is 13.2. The number of hydrogen-bond acceptors (Lipinski definition) is 3. The van der Waals surface area contributed by atoms with E-state index >= 15 is 0 Å². The van der Waals surface area contributed by atoms with Gasteiger partial charge in [0.15, 0.2) is 6.16 Å². The molecule has 0 aliphatic carbocycles. The van der Waals surface area contributed by atoms with Crippen molar-refractivity contribution >= 4 is 35.2 Å². The summed E-state index contributed by atoms with van der Waals surface area (Å²) < 4.78 is 5.27. The Kier molecular flexibility index (Phi) is 8.98. The Labute approximate surface area is 206 Å². The van der Waals surface area contributed by atoms with E-state index in [2.05, 4.69) is 41.7 Å². The number of hydrogen-bond donors (Lipinski definition) is 1. The molecule has 2 amide bonds. The molecule has 4 nitrogen and oxygen atoms in total. The molecule has 0 bridgehead atoms. The third kappa shape index (κ3) is 5.91. The van der Waals surface area contributed by atoms with E-state index in [9.17, 15) is 9.59 Å². The number of imide groups is 1. The molecule has 0 saturated heterocycles. The van der Waals surface area contributed by atoms with Gasteiger partial charge in [-0.05, 0) is 42.0 Å². The van der Waals surface area contributed by atoms with Crippen LogP contribution in [-0.4, -0.2) is 18.2 Å². The number of benzene rings is 4. The molecule has 0 aromatic heterocycles. The normalized spacial score (nSPS) is 10.6. The summed E-state index contributed by atoms with van der Waals surface area (Å²) in [6, 6.07) is 39.6. The van der Waals surface area contributed by atoms with E-state index in [-0.39, 0.29) is 31.1 Å². The Morgan fingerprint density at radius 3 is 1.41 bits per heavy atom. The van der Waals surface area contributed by atoms with E-state index in [1.54, 1.807) is 0 Å². The van der Waals surface area contributed by atoms with Crippen molar-refractivity contribution in [2.75, 3.05) is 6.16 Å². The Morgan fingerprint density at radius 2 is 1.00 bits per heavy atom. The van der Waals surface area contributed by atoms with Crippen LogP contribution in [0.2, 0.25) is 0 Å². The van der Waals surface area contributed by atoms with Crippen molar-refractivity contribution in [3.8, 4) is 0 Å². The molecular weight excluding hydrogens is 465 g/mol. The predicted octanol–water partition coefficient (Wildman–Crippen LogP) is 1.44. The van der Waals surface area contributed by atoms with Crippen LogP contribution in [-0.2, 0) is 16.1 Å². The Bertz CT molecular complexity index is 1090. The maximum Gasteiger partial charge on any atom is 0.414 e. The molecule has 0 atom stereocenters. The van der Waals surface area contributed by atoms with Gasteiger partial charge in [-0.1, -0.05) is 84.9 Å². The van der Waals surface area contributed by atoms with Gasteiger partial charge < -0.3 is 17.1 Å². The van der Waals surface area contributed by atoms with Crippen LogP contribution in [0.4, 0.5) is 4.79 Å². The standard InChI is InChI=1S/C28H24NO3P.ClH/c30-27(29-28(31)32-21-23-13-5-1-6-14-23)22-33(24-15-7-2-8-16-24,25-17-9-3-10-18-25)26-19-11-4-12-20-26;/h1-20H,21-22H2;1H. The second-order valence-electron chi connectivity index (χ2n) is 7.58. The number of rotatable bonds is 7. The average Bonchev–Trinajstić information content (AvgIpc) is 2.88. The molecule has 0 radical (unpaired) electrons. The molecule has 0 aliphatic heterocycles. The molecule has 172 valence electrons. The van der Waals surface area contributed by atoms with Gasteiger partial charge >= 0.3 is 6.09 Å². The highest BCUT2D eigenvalue weighted by Gasteiger charge is 2.47. The zero-order chi connectivity index (χ0) is 22.9. The van der Waals surface area contributed by atoms with Gasteiger partial charge in [0.05, 0.1) is 0 Å². The first-order chi connectivity index (χ1) is 16.2. The van der Waals surface area contributed by atoms with Gasteiger partial charge in [0, 0.05) is 0 Å². The number of nitrogens with one attached hydrogen (secondary N) is 1. The van der Waals surface area contributed by atoms with E-state index in [1.165, 1.54) is 0 Å². The highest BCUT2D eigenvalue weighted by molar-refractivity contribution is 7.96. The molecule has 0 spiro atoms. The Morgan fingerprint density at radius 1 is 0.618 bits per heavy atom. The van der Waals surface area contributed by atoms with Gasteiger partial charge in [0.2, 0.25) is 0 Å². The number of carbonyl (C=O) groups excluding carboxylic acids is 2. The molecule has 4 aromatic carbocycles. The molecule has 0 unspecified atom stereocenters. The number of alkyl carbamates (subject to hydrolysis) is 1. The fraction of sp³-hybridized carbons (Fsp3) is 0.0714. The SMILES string of the molecule is O=C(C[P+](c1ccccc1)(c1ccccc1)c1ccccc1)NC(=O)OCc1ccccc1.[Cl-]. The summed E-state index contributed by atoms with van der Waals surface area (Å²) in [6.45, 7) is 0.107. The molecule has 0 fully saturated rings. The summed E-state index contributed by atoms with van der Waals surface area (Å²) in [5.41, 5.74) is 0.861. The molecule has 0 saturated carbocycles. The minimum Gasteiger partial charge on any atom is -1.00 e. The Balaban J connectivity index is 0.00000324. The smallest absolute Gasteiger partial charge is 0.414 e. The first kappa shape index (κ1) is 25.2. The van der Waals surface area contributed by atoms with Crippen molar-refractivity contribution in [2.24, 2.45) is 0 Å². The maximum atomic E-state index is 13.2. The lowest BCUT2D eigenvalue weighted by Crippen LogP contribution is -3.00. The summed E-state index contributed by atoms with van der Waals surface area (Å²) >= 11 is 0. The molecule has 4 rings (SSSR count). The van der Waals surface area contributed by atoms with Crippen LogP contribution in [0, 0.1) is 0 Å². The summed E-state index contributed by atoms with van der Waals surface area (Å²) in [5, 5.41) is 5.68. The van der Waals surface area contributed by atoms with Crippen LogP contribution < -0.4 is 33.6 Å². The predicted molar refractivity (Wildman–Crippen MR) is 135 cm³/mol. The Hall–Kier alpha value is -3.46. The minimum atomic E-state index is -2.36. The number of halogens is 1. The zero-order valence-corrected chi connectivity index (χ0v) is 20.2. The van der Waals surface area contributed by atoms with Crippen molar-refractivity contribution in [3.05, 3.63) is 127 Å². The van der Waals surface area contributed by atoms with E-state index in [0.717, 1.165) is 21.5 Å². The largest absolute Gasteiger partial charge is 1.00 e. The summed E-state index contributed by atoms with van der Waals surface area (Å²) in [4.78, 5) is 25.6. The second kappa shape index (κ2) is 12.1. The molecule has 6 heteroatoms. The van der Waals surface area contributed by atoms with E-state index in [4.69, 9.17) is 4.74 Å². The summed E-state index contributed by atoms with van der Waals surface area (Å²) in [7, 11) is -2.36. The van der Waals surface area contributed by atoms with Gasteiger partial charge in [-0.15, -0.1) is 0 Å². The third-order valence-corrected chi connectivity index (χ3v) is 9.73. The molecule has 4 aromatic rings. The topological polar surface area (TPSA) is 55.4 Å². The van der Waals surface area contributed by atoms with Crippen LogP contribution in [0.25, 0.3) is 0 Å². The summed E-state index contributed by atoms with van der Waals surface area (Å²) in [5.74, 6) is -0.363. The average molecular weight is 490 g/mol. The molecule has 0 aliphatic rings. The first-order valence-corrected chi connectivity index (χ1v) is 12.7. The summed E-state index contributed by atoms with van der Waals surface area (Å²) in [6.07, 6.45) is -0.581. The van der Waals surface area contributed by atoms with Crippen LogP contribution in [0.15, 0.2) is 121 Å². The molecule has 1 N–H and O–H groups in total. The number of carbonyl (C=O) groups is 2. The lowest BCUT2D eigenvalue weighted by Gasteiger charge is -2.26.